The highest BCUT2D eigenvalue weighted by atomic mass is 19.2. The Morgan fingerprint density at radius 1 is 1.16 bits per heavy atom. The second-order valence-electron chi connectivity index (χ2n) is 5.03. The number of hydrogen-bond acceptors (Lipinski definition) is 5. The van der Waals surface area contributed by atoms with Crippen molar-refractivity contribution in [3.05, 3.63) is 69.5 Å². The second kappa shape index (κ2) is 6.36. The first kappa shape index (κ1) is 16.7. The number of benzene rings is 2. The third-order valence-corrected chi connectivity index (χ3v) is 3.56. The molecule has 0 fully saturated rings. The van der Waals surface area contributed by atoms with Crippen LogP contribution in [0.4, 0.5) is 18.9 Å². The number of halogens is 3. The van der Waals surface area contributed by atoms with Crippen molar-refractivity contribution in [3.63, 3.8) is 0 Å². The number of nitrogens with zero attached hydrogens (tertiary/aromatic N) is 2. The van der Waals surface area contributed by atoms with E-state index in [1.807, 2.05) is 0 Å². The molecule has 6 nitrogen and oxygen atoms in total. The number of hydrogen-bond donors (Lipinski definition) is 1. The quantitative estimate of drug-likeness (QED) is 0.439. The van der Waals surface area contributed by atoms with Crippen molar-refractivity contribution in [1.29, 1.82) is 0 Å². The van der Waals surface area contributed by atoms with Crippen LogP contribution in [-0.2, 0) is 6.61 Å². The van der Waals surface area contributed by atoms with Crippen LogP contribution in [0, 0.1) is 27.6 Å². The van der Waals surface area contributed by atoms with Gasteiger partial charge >= 0.3 is 0 Å². The summed E-state index contributed by atoms with van der Waals surface area (Å²) in [5, 5.41) is 24.1. The monoisotopic (exact) mass is 350 g/mol. The van der Waals surface area contributed by atoms with Gasteiger partial charge in [-0.1, -0.05) is 17.3 Å². The van der Waals surface area contributed by atoms with Gasteiger partial charge in [-0.2, -0.15) is 0 Å². The van der Waals surface area contributed by atoms with Crippen molar-refractivity contribution in [3.8, 4) is 22.6 Å². The van der Waals surface area contributed by atoms with Crippen LogP contribution in [0.1, 0.15) is 5.56 Å². The Bertz CT molecular complexity index is 972. The van der Waals surface area contributed by atoms with Gasteiger partial charge in [-0.15, -0.1) is 0 Å². The minimum Gasteiger partial charge on any atom is -0.391 e. The van der Waals surface area contributed by atoms with E-state index in [0.29, 0.717) is 6.07 Å². The van der Waals surface area contributed by atoms with Crippen LogP contribution in [0.3, 0.4) is 0 Å². The van der Waals surface area contributed by atoms with Crippen molar-refractivity contribution in [2.45, 2.75) is 6.61 Å². The summed E-state index contributed by atoms with van der Waals surface area (Å²) in [5.74, 6) is -4.84. The zero-order valence-electron chi connectivity index (χ0n) is 12.4. The van der Waals surface area contributed by atoms with E-state index in [4.69, 9.17) is 4.52 Å². The topological polar surface area (TPSA) is 89.4 Å². The molecule has 0 aliphatic rings. The molecule has 0 saturated carbocycles. The summed E-state index contributed by atoms with van der Waals surface area (Å²) in [7, 11) is 0. The molecule has 0 aliphatic heterocycles. The lowest BCUT2D eigenvalue weighted by atomic mass is 10.0. The number of aromatic nitrogens is 1. The Morgan fingerprint density at radius 3 is 2.60 bits per heavy atom. The molecule has 1 aromatic heterocycles. The van der Waals surface area contributed by atoms with E-state index in [1.54, 1.807) is 0 Å². The molecule has 0 saturated heterocycles. The molecule has 9 heteroatoms. The van der Waals surface area contributed by atoms with Gasteiger partial charge in [0.2, 0.25) is 0 Å². The van der Waals surface area contributed by atoms with Gasteiger partial charge in [0.05, 0.1) is 22.7 Å². The maximum absolute atomic E-state index is 14.0. The molecule has 1 heterocycles. The molecule has 3 rings (SSSR count). The summed E-state index contributed by atoms with van der Waals surface area (Å²) in [4.78, 5) is 10.3. The standard InChI is InChI=1S/C16H9F3N2O4/c17-12-5-4-10(13(18)14(12)19)16-11(7-22)15(20-25-16)8-2-1-3-9(6-8)21(23)24/h1-6,22H,7H2. The Balaban J connectivity index is 2.16. The first-order valence-electron chi connectivity index (χ1n) is 6.92. The molecule has 0 atom stereocenters. The summed E-state index contributed by atoms with van der Waals surface area (Å²) in [5.41, 5.74) is -0.371. The van der Waals surface area contributed by atoms with Gasteiger partial charge in [0.25, 0.3) is 5.69 Å². The number of aliphatic hydroxyl groups is 1. The maximum atomic E-state index is 14.0. The lowest BCUT2D eigenvalue weighted by Gasteiger charge is -2.04. The van der Waals surface area contributed by atoms with Gasteiger partial charge in [-0.25, -0.2) is 13.2 Å². The summed E-state index contributed by atoms with van der Waals surface area (Å²) in [6.45, 7) is -0.657. The highest BCUT2D eigenvalue weighted by molar-refractivity contribution is 5.73. The minimum absolute atomic E-state index is 0.00888. The molecular formula is C16H9F3N2O4. The van der Waals surface area contributed by atoms with Crippen LogP contribution in [0.15, 0.2) is 40.9 Å². The summed E-state index contributed by atoms with van der Waals surface area (Å²) in [6, 6.07) is 7.01. The van der Waals surface area contributed by atoms with Crippen LogP contribution >= 0.6 is 0 Å². The summed E-state index contributed by atoms with van der Waals surface area (Å²) < 4.78 is 45.5. The van der Waals surface area contributed by atoms with Gasteiger partial charge in [-0.05, 0) is 12.1 Å². The summed E-state index contributed by atoms with van der Waals surface area (Å²) >= 11 is 0. The van der Waals surface area contributed by atoms with Crippen LogP contribution < -0.4 is 0 Å². The molecule has 0 aliphatic carbocycles. The Labute approximate surface area is 138 Å². The lowest BCUT2D eigenvalue weighted by Crippen LogP contribution is -1.96. The highest BCUT2D eigenvalue weighted by Crippen LogP contribution is 2.35. The van der Waals surface area contributed by atoms with Gasteiger partial charge in [-0.3, -0.25) is 10.1 Å². The van der Waals surface area contributed by atoms with Crippen molar-refractivity contribution in [2.75, 3.05) is 0 Å². The van der Waals surface area contributed by atoms with E-state index in [9.17, 15) is 28.4 Å². The van der Waals surface area contributed by atoms with E-state index in [-0.39, 0.29) is 28.3 Å². The zero-order chi connectivity index (χ0) is 18.1. The number of nitro groups is 1. The molecule has 1 N–H and O–H groups in total. The minimum atomic E-state index is -1.69. The third-order valence-electron chi connectivity index (χ3n) is 3.56. The number of rotatable bonds is 4. The molecule has 25 heavy (non-hydrogen) atoms. The zero-order valence-corrected chi connectivity index (χ0v) is 12.4. The van der Waals surface area contributed by atoms with E-state index in [0.717, 1.165) is 6.07 Å². The SMILES string of the molecule is O=[N+]([O-])c1cccc(-c2noc(-c3ccc(F)c(F)c3F)c2CO)c1. The average molecular weight is 350 g/mol. The maximum Gasteiger partial charge on any atom is 0.270 e. The van der Waals surface area contributed by atoms with E-state index >= 15 is 0 Å². The fraction of sp³-hybridized carbons (Fsp3) is 0.0625. The molecule has 0 bridgehead atoms. The van der Waals surface area contributed by atoms with Crippen molar-refractivity contribution < 1.29 is 27.7 Å². The number of aliphatic hydroxyl groups excluding tert-OH is 1. The molecule has 0 amide bonds. The van der Waals surface area contributed by atoms with Gasteiger partial charge < -0.3 is 9.63 Å². The van der Waals surface area contributed by atoms with Crippen LogP contribution in [0.25, 0.3) is 22.6 Å². The van der Waals surface area contributed by atoms with Crippen molar-refractivity contribution in [1.82, 2.24) is 5.16 Å². The molecule has 0 radical (unpaired) electrons. The lowest BCUT2D eigenvalue weighted by molar-refractivity contribution is -0.384. The highest BCUT2D eigenvalue weighted by Gasteiger charge is 2.24. The van der Waals surface area contributed by atoms with Gasteiger partial charge in [0, 0.05) is 17.7 Å². The van der Waals surface area contributed by atoms with Crippen molar-refractivity contribution >= 4 is 5.69 Å². The average Bonchev–Trinajstić information content (AvgIpc) is 3.03. The largest absolute Gasteiger partial charge is 0.391 e. The Morgan fingerprint density at radius 2 is 1.92 bits per heavy atom. The second-order valence-corrected chi connectivity index (χ2v) is 5.03. The summed E-state index contributed by atoms with van der Waals surface area (Å²) in [6.07, 6.45) is 0. The predicted molar refractivity (Wildman–Crippen MR) is 79.8 cm³/mol. The van der Waals surface area contributed by atoms with E-state index < -0.39 is 34.5 Å². The van der Waals surface area contributed by atoms with Crippen LogP contribution in [0.5, 0.6) is 0 Å². The Hall–Kier alpha value is -3.20. The fourth-order valence-electron chi connectivity index (χ4n) is 2.36. The van der Waals surface area contributed by atoms with Gasteiger partial charge in [0.1, 0.15) is 5.69 Å². The molecule has 0 spiro atoms. The Kier molecular flexibility index (Phi) is 4.24. The van der Waals surface area contributed by atoms with E-state index in [1.165, 1.54) is 24.3 Å². The molecule has 0 unspecified atom stereocenters. The first-order valence-corrected chi connectivity index (χ1v) is 6.92. The first-order chi connectivity index (χ1) is 11.9. The normalized spacial score (nSPS) is 10.9. The van der Waals surface area contributed by atoms with E-state index in [2.05, 4.69) is 5.16 Å². The number of non-ortho nitro benzene ring substituents is 1. The molecular weight excluding hydrogens is 341 g/mol. The third kappa shape index (κ3) is 2.85. The molecule has 128 valence electrons. The molecule has 2 aromatic carbocycles. The number of nitro benzene ring substituents is 1. The van der Waals surface area contributed by atoms with Crippen LogP contribution in [0.2, 0.25) is 0 Å². The molecule has 3 aromatic rings. The van der Waals surface area contributed by atoms with Crippen LogP contribution in [-0.4, -0.2) is 15.2 Å². The predicted octanol–water partition coefficient (Wildman–Crippen LogP) is 3.83. The van der Waals surface area contributed by atoms with Gasteiger partial charge in [0.15, 0.2) is 23.2 Å². The van der Waals surface area contributed by atoms with Crippen molar-refractivity contribution in [2.24, 2.45) is 0 Å². The smallest absolute Gasteiger partial charge is 0.270 e. The fourth-order valence-corrected chi connectivity index (χ4v) is 2.36.